The predicted molar refractivity (Wildman–Crippen MR) is 86.4 cm³/mol. The van der Waals surface area contributed by atoms with Crippen LogP contribution in [0.3, 0.4) is 0 Å². The zero-order chi connectivity index (χ0) is 16.9. The Bertz CT molecular complexity index is 826. The van der Waals surface area contributed by atoms with Gasteiger partial charge in [-0.05, 0) is 36.8 Å². The smallest absolute Gasteiger partial charge is 0.257 e. The summed E-state index contributed by atoms with van der Waals surface area (Å²) in [7, 11) is 0. The molecule has 0 aliphatic rings. The highest BCUT2D eigenvalue weighted by Crippen LogP contribution is 2.17. The third-order valence-electron chi connectivity index (χ3n) is 3.49. The molecule has 0 spiro atoms. The van der Waals surface area contributed by atoms with E-state index in [0.29, 0.717) is 11.7 Å². The van der Waals surface area contributed by atoms with Crippen molar-refractivity contribution in [2.75, 3.05) is 0 Å². The van der Waals surface area contributed by atoms with Gasteiger partial charge in [0, 0.05) is 5.56 Å². The van der Waals surface area contributed by atoms with Gasteiger partial charge >= 0.3 is 0 Å². The largest absolute Gasteiger partial charge is 0.348 e. The quantitative estimate of drug-likeness (QED) is 0.783. The molecule has 0 unspecified atom stereocenters. The molecule has 0 fully saturated rings. The molecule has 0 aliphatic heterocycles. The van der Waals surface area contributed by atoms with Crippen LogP contribution in [0.25, 0.3) is 11.5 Å². The van der Waals surface area contributed by atoms with E-state index in [9.17, 15) is 9.18 Å². The van der Waals surface area contributed by atoms with Crippen molar-refractivity contribution in [3.8, 4) is 11.5 Å². The van der Waals surface area contributed by atoms with Crippen LogP contribution >= 0.6 is 0 Å². The average Bonchev–Trinajstić information content (AvgIpc) is 3.05. The molecule has 2 aromatic carbocycles. The zero-order valence-electron chi connectivity index (χ0n) is 13.1. The fraction of sp³-hybridized carbons (Fsp3) is 0.167. The van der Waals surface area contributed by atoms with Gasteiger partial charge in [0.05, 0.1) is 13.0 Å². The second kappa shape index (κ2) is 7.04. The molecule has 1 N–H and O–H groups in total. The molecule has 0 atom stereocenters. The SMILES string of the molecule is Cc1ccc(-c2nc(CNC(=O)Cc3ccc(F)cc3)no2)cc1. The van der Waals surface area contributed by atoms with E-state index in [1.54, 1.807) is 12.1 Å². The Hall–Kier alpha value is -3.02. The highest BCUT2D eigenvalue weighted by atomic mass is 19.1. The van der Waals surface area contributed by atoms with E-state index in [1.165, 1.54) is 12.1 Å². The van der Waals surface area contributed by atoms with Gasteiger partial charge in [-0.2, -0.15) is 4.98 Å². The topological polar surface area (TPSA) is 68.0 Å². The molecule has 3 rings (SSSR count). The Labute approximate surface area is 138 Å². The van der Waals surface area contributed by atoms with Crippen LogP contribution in [0, 0.1) is 12.7 Å². The number of nitrogens with zero attached hydrogens (tertiary/aromatic N) is 2. The van der Waals surface area contributed by atoms with Crippen LogP contribution < -0.4 is 5.32 Å². The molecule has 1 amide bonds. The summed E-state index contributed by atoms with van der Waals surface area (Å²) in [4.78, 5) is 16.2. The molecule has 0 saturated carbocycles. The van der Waals surface area contributed by atoms with Gasteiger partial charge < -0.3 is 9.84 Å². The Morgan fingerprint density at radius 3 is 2.54 bits per heavy atom. The number of carbonyl (C=O) groups is 1. The van der Waals surface area contributed by atoms with E-state index in [2.05, 4.69) is 15.5 Å². The minimum absolute atomic E-state index is 0.170. The molecular weight excluding hydrogens is 309 g/mol. The van der Waals surface area contributed by atoms with Crippen molar-refractivity contribution in [3.63, 3.8) is 0 Å². The summed E-state index contributed by atoms with van der Waals surface area (Å²) >= 11 is 0. The number of rotatable bonds is 5. The normalized spacial score (nSPS) is 10.6. The molecule has 3 aromatic rings. The molecule has 24 heavy (non-hydrogen) atoms. The molecule has 0 bridgehead atoms. The number of aryl methyl sites for hydroxylation is 1. The van der Waals surface area contributed by atoms with Crippen molar-refractivity contribution in [2.45, 2.75) is 19.9 Å². The monoisotopic (exact) mass is 325 g/mol. The van der Waals surface area contributed by atoms with E-state index >= 15 is 0 Å². The lowest BCUT2D eigenvalue weighted by molar-refractivity contribution is -0.120. The number of nitrogens with one attached hydrogen (secondary N) is 1. The molecule has 6 heteroatoms. The molecule has 5 nitrogen and oxygen atoms in total. The Morgan fingerprint density at radius 1 is 1.12 bits per heavy atom. The fourth-order valence-electron chi connectivity index (χ4n) is 2.17. The molecule has 0 aliphatic carbocycles. The summed E-state index contributed by atoms with van der Waals surface area (Å²) in [5.74, 6) is 0.300. The number of aromatic nitrogens is 2. The van der Waals surface area contributed by atoms with Crippen molar-refractivity contribution < 1.29 is 13.7 Å². The number of hydrogen-bond acceptors (Lipinski definition) is 4. The zero-order valence-corrected chi connectivity index (χ0v) is 13.1. The first kappa shape index (κ1) is 15.9. The van der Waals surface area contributed by atoms with Crippen molar-refractivity contribution in [1.29, 1.82) is 0 Å². The Morgan fingerprint density at radius 2 is 1.83 bits per heavy atom. The van der Waals surface area contributed by atoms with Crippen LogP contribution in [0.5, 0.6) is 0 Å². The van der Waals surface area contributed by atoms with Gasteiger partial charge in [0.1, 0.15) is 5.82 Å². The van der Waals surface area contributed by atoms with Crippen LogP contribution in [0.1, 0.15) is 17.0 Å². The van der Waals surface area contributed by atoms with Crippen LogP contribution in [0.15, 0.2) is 53.1 Å². The third-order valence-corrected chi connectivity index (χ3v) is 3.49. The lowest BCUT2D eigenvalue weighted by Gasteiger charge is -2.02. The highest BCUT2D eigenvalue weighted by molar-refractivity contribution is 5.78. The molecule has 0 saturated heterocycles. The Balaban J connectivity index is 1.56. The van der Waals surface area contributed by atoms with Gasteiger partial charge in [-0.25, -0.2) is 4.39 Å². The summed E-state index contributed by atoms with van der Waals surface area (Å²) < 4.78 is 18.0. The summed E-state index contributed by atoms with van der Waals surface area (Å²) in [5, 5.41) is 6.57. The van der Waals surface area contributed by atoms with Crippen LogP contribution in [0.4, 0.5) is 4.39 Å². The summed E-state index contributed by atoms with van der Waals surface area (Å²) in [6, 6.07) is 13.6. The highest BCUT2D eigenvalue weighted by Gasteiger charge is 2.10. The minimum Gasteiger partial charge on any atom is -0.348 e. The van der Waals surface area contributed by atoms with E-state index in [-0.39, 0.29) is 24.7 Å². The maximum Gasteiger partial charge on any atom is 0.257 e. The van der Waals surface area contributed by atoms with Gasteiger partial charge in [0.15, 0.2) is 5.82 Å². The maximum atomic E-state index is 12.8. The van der Waals surface area contributed by atoms with Crippen LogP contribution in [-0.4, -0.2) is 16.0 Å². The van der Waals surface area contributed by atoms with Crippen LogP contribution in [0.2, 0.25) is 0 Å². The first-order valence-corrected chi connectivity index (χ1v) is 7.51. The third kappa shape index (κ3) is 4.04. The van der Waals surface area contributed by atoms with Gasteiger partial charge in [-0.3, -0.25) is 4.79 Å². The van der Waals surface area contributed by atoms with Crippen molar-refractivity contribution >= 4 is 5.91 Å². The number of halogens is 1. The number of carbonyl (C=O) groups excluding carboxylic acids is 1. The average molecular weight is 325 g/mol. The molecule has 1 heterocycles. The Kier molecular flexibility index (Phi) is 4.65. The molecular formula is C18H16FN3O2. The number of benzene rings is 2. The van der Waals surface area contributed by atoms with E-state index in [0.717, 1.165) is 16.7 Å². The maximum absolute atomic E-state index is 12.8. The van der Waals surface area contributed by atoms with E-state index in [4.69, 9.17) is 4.52 Å². The number of hydrogen-bond donors (Lipinski definition) is 1. The van der Waals surface area contributed by atoms with Crippen molar-refractivity contribution in [2.24, 2.45) is 0 Å². The second-order valence-electron chi connectivity index (χ2n) is 5.46. The van der Waals surface area contributed by atoms with Gasteiger partial charge in [-0.15, -0.1) is 0 Å². The second-order valence-corrected chi connectivity index (χ2v) is 5.46. The van der Waals surface area contributed by atoms with E-state index in [1.807, 2.05) is 31.2 Å². The molecule has 122 valence electrons. The van der Waals surface area contributed by atoms with E-state index < -0.39 is 0 Å². The predicted octanol–water partition coefficient (Wildman–Crippen LogP) is 3.04. The summed E-state index contributed by atoms with van der Waals surface area (Å²) in [6.07, 6.45) is 0.170. The minimum atomic E-state index is -0.324. The first-order chi connectivity index (χ1) is 11.6. The molecule has 0 radical (unpaired) electrons. The summed E-state index contributed by atoms with van der Waals surface area (Å²) in [5.41, 5.74) is 2.71. The molecule has 1 aromatic heterocycles. The van der Waals surface area contributed by atoms with Gasteiger partial charge in [0.2, 0.25) is 5.91 Å². The van der Waals surface area contributed by atoms with Crippen molar-refractivity contribution in [1.82, 2.24) is 15.5 Å². The fourth-order valence-corrected chi connectivity index (χ4v) is 2.17. The standard InChI is InChI=1S/C18H16FN3O2/c1-12-2-6-14(7-3-12)18-21-16(22-24-18)11-20-17(23)10-13-4-8-15(19)9-5-13/h2-9H,10-11H2,1H3,(H,20,23). The lowest BCUT2D eigenvalue weighted by atomic mass is 10.1. The van der Waals surface area contributed by atoms with Crippen LogP contribution in [-0.2, 0) is 17.8 Å². The first-order valence-electron chi connectivity index (χ1n) is 7.51. The summed E-state index contributed by atoms with van der Waals surface area (Å²) in [6.45, 7) is 2.18. The number of amides is 1. The van der Waals surface area contributed by atoms with Crippen molar-refractivity contribution in [3.05, 3.63) is 71.3 Å². The van der Waals surface area contributed by atoms with Gasteiger partial charge in [-0.1, -0.05) is 35.0 Å². The van der Waals surface area contributed by atoms with Gasteiger partial charge in [0.25, 0.3) is 5.89 Å². The lowest BCUT2D eigenvalue weighted by Crippen LogP contribution is -2.25.